The van der Waals surface area contributed by atoms with Crippen LogP contribution in [0.15, 0.2) is 30.3 Å². The summed E-state index contributed by atoms with van der Waals surface area (Å²) >= 11 is 0. The Morgan fingerprint density at radius 2 is 1.88 bits per heavy atom. The molecule has 94 valence electrons. The van der Waals surface area contributed by atoms with Crippen molar-refractivity contribution in [1.82, 2.24) is 0 Å². The third-order valence-electron chi connectivity index (χ3n) is 2.47. The highest BCUT2D eigenvalue weighted by Gasteiger charge is 2.42. The average Bonchev–Trinajstić information content (AvgIpc) is 3.20. The van der Waals surface area contributed by atoms with Crippen molar-refractivity contribution in [2.45, 2.75) is 6.29 Å². The minimum absolute atomic E-state index is 0.105. The summed E-state index contributed by atoms with van der Waals surface area (Å²) in [7, 11) is 0.320. The lowest BCUT2D eigenvalue weighted by Gasteiger charge is -2.26. The predicted molar refractivity (Wildman–Crippen MR) is 62.6 cm³/mol. The number of ether oxygens (including phenoxy) is 2. The van der Waals surface area contributed by atoms with Crippen LogP contribution in [-0.4, -0.2) is 42.7 Å². The summed E-state index contributed by atoms with van der Waals surface area (Å²) in [6, 6.07) is 9.62. The Kier molecular flexibility index (Phi) is 4.27. The summed E-state index contributed by atoms with van der Waals surface area (Å²) < 4.78 is 26.7. The van der Waals surface area contributed by atoms with Crippen LogP contribution in [0.5, 0.6) is 0 Å². The van der Waals surface area contributed by atoms with Crippen molar-refractivity contribution in [2.75, 3.05) is 27.6 Å². The SMILES string of the molecule is CO[Si](OC)(OCOC1CO1)c1ccccc1. The number of hydrogen-bond acceptors (Lipinski definition) is 5. The van der Waals surface area contributed by atoms with Crippen LogP contribution in [-0.2, 0) is 22.8 Å². The Morgan fingerprint density at radius 3 is 2.41 bits per heavy atom. The first-order chi connectivity index (χ1) is 8.30. The highest BCUT2D eigenvalue weighted by molar-refractivity contribution is 6.75. The van der Waals surface area contributed by atoms with Crippen LogP contribution in [0.25, 0.3) is 0 Å². The molecule has 1 aromatic rings. The number of hydrogen-bond donors (Lipinski definition) is 0. The van der Waals surface area contributed by atoms with Gasteiger partial charge >= 0.3 is 8.80 Å². The van der Waals surface area contributed by atoms with Gasteiger partial charge in [0.2, 0.25) is 0 Å². The maximum absolute atomic E-state index is 5.66. The lowest BCUT2D eigenvalue weighted by molar-refractivity contribution is -0.0626. The molecule has 6 heteroatoms. The summed E-state index contributed by atoms with van der Waals surface area (Å²) in [6.07, 6.45) is -0.133. The molecule has 1 saturated heterocycles. The molecule has 17 heavy (non-hydrogen) atoms. The monoisotopic (exact) mass is 256 g/mol. The highest BCUT2D eigenvalue weighted by atomic mass is 28.4. The Morgan fingerprint density at radius 1 is 1.24 bits per heavy atom. The van der Waals surface area contributed by atoms with Crippen molar-refractivity contribution < 1.29 is 22.8 Å². The van der Waals surface area contributed by atoms with E-state index in [9.17, 15) is 0 Å². The van der Waals surface area contributed by atoms with Gasteiger partial charge in [0.05, 0.1) is 0 Å². The summed E-state index contributed by atoms with van der Waals surface area (Å²) in [4.78, 5) is 0. The zero-order valence-electron chi connectivity index (χ0n) is 9.92. The molecule has 1 atom stereocenters. The van der Waals surface area contributed by atoms with Crippen molar-refractivity contribution in [1.29, 1.82) is 0 Å². The van der Waals surface area contributed by atoms with Gasteiger partial charge in [-0.15, -0.1) is 0 Å². The average molecular weight is 256 g/mol. The molecule has 0 N–H and O–H groups in total. The van der Waals surface area contributed by atoms with Crippen molar-refractivity contribution in [3.63, 3.8) is 0 Å². The van der Waals surface area contributed by atoms with Crippen molar-refractivity contribution in [2.24, 2.45) is 0 Å². The van der Waals surface area contributed by atoms with Crippen LogP contribution in [0.4, 0.5) is 0 Å². The van der Waals surface area contributed by atoms with E-state index in [1.807, 2.05) is 30.3 Å². The van der Waals surface area contributed by atoms with Gasteiger partial charge < -0.3 is 22.8 Å². The van der Waals surface area contributed by atoms with Crippen LogP contribution in [0.2, 0.25) is 0 Å². The van der Waals surface area contributed by atoms with Gasteiger partial charge in [0.1, 0.15) is 13.4 Å². The van der Waals surface area contributed by atoms with Gasteiger partial charge in [0.25, 0.3) is 0 Å². The first kappa shape index (κ1) is 12.7. The van der Waals surface area contributed by atoms with Gasteiger partial charge in [-0.2, -0.15) is 0 Å². The largest absolute Gasteiger partial charge is 0.538 e. The number of rotatable bonds is 7. The molecule has 0 radical (unpaired) electrons. The van der Waals surface area contributed by atoms with E-state index < -0.39 is 8.80 Å². The number of epoxide rings is 1. The summed E-state index contributed by atoms with van der Waals surface area (Å²) in [5, 5.41) is 0.908. The molecule has 0 spiro atoms. The topological polar surface area (TPSA) is 49.5 Å². The molecule has 0 aromatic heterocycles. The molecule has 0 saturated carbocycles. The van der Waals surface area contributed by atoms with E-state index in [1.165, 1.54) is 0 Å². The highest BCUT2D eigenvalue weighted by Crippen LogP contribution is 2.13. The van der Waals surface area contributed by atoms with Crippen molar-refractivity contribution in [3.8, 4) is 0 Å². The standard InChI is InChI=1S/C11H16O5Si/c1-12-17(13-2,10-6-4-3-5-7-10)16-9-15-11-8-14-11/h3-7,11H,8-9H2,1-2H3. The molecule has 0 bridgehead atoms. The maximum Gasteiger partial charge on any atom is 0.538 e. The fourth-order valence-corrected chi connectivity index (χ4v) is 3.35. The molecular formula is C11H16O5Si. The molecule has 1 heterocycles. The van der Waals surface area contributed by atoms with Gasteiger partial charge in [0, 0.05) is 19.4 Å². The molecule has 1 aliphatic rings. The van der Waals surface area contributed by atoms with Gasteiger partial charge in [-0.3, -0.25) is 0 Å². The Bertz CT molecular complexity index is 337. The summed E-state index contributed by atoms with van der Waals surface area (Å²) in [6.45, 7) is 0.733. The lowest BCUT2D eigenvalue weighted by Crippen LogP contribution is -2.55. The fourth-order valence-electron chi connectivity index (χ4n) is 1.49. The maximum atomic E-state index is 5.66. The molecule has 1 aliphatic heterocycles. The predicted octanol–water partition coefficient (Wildman–Crippen LogP) is 0.472. The van der Waals surface area contributed by atoms with E-state index in [4.69, 9.17) is 22.8 Å². The van der Waals surface area contributed by atoms with Crippen LogP contribution in [0.1, 0.15) is 0 Å². The lowest BCUT2D eigenvalue weighted by atomic mass is 10.4. The van der Waals surface area contributed by atoms with Crippen molar-refractivity contribution in [3.05, 3.63) is 30.3 Å². The Hall–Kier alpha value is -0.763. The minimum Gasteiger partial charge on any atom is -0.373 e. The van der Waals surface area contributed by atoms with E-state index in [2.05, 4.69) is 0 Å². The normalized spacial score (nSPS) is 19.3. The van der Waals surface area contributed by atoms with Crippen LogP contribution < -0.4 is 5.19 Å². The zero-order valence-corrected chi connectivity index (χ0v) is 10.9. The molecule has 1 aromatic carbocycles. The quantitative estimate of drug-likeness (QED) is 0.403. The Labute approximate surface area is 102 Å². The van der Waals surface area contributed by atoms with Gasteiger partial charge in [-0.05, 0) is 0 Å². The fraction of sp³-hybridized carbons (Fsp3) is 0.455. The summed E-state index contributed by atoms with van der Waals surface area (Å²) in [5.74, 6) is 0. The van der Waals surface area contributed by atoms with Crippen LogP contribution in [0, 0.1) is 0 Å². The first-order valence-corrected chi connectivity index (χ1v) is 7.06. The van der Waals surface area contributed by atoms with E-state index in [0.29, 0.717) is 6.61 Å². The second-order valence-electron chi connectivity index (χ2n) is 3.52. The van der Waals surface area contributed by atoms with E-state index in [1.54, 1.807) is 14.2 Å². The third kappa shape index (κ3) is 3.12. The molecule has 1 unspecified atom stereocenters. The molecule has 5 nitrogen and oxygen atoms in total. The summed E-state index contributed by atoms with van der Waals surface area (Å²) in [5.41, 5.74) is 0. The molecule has 0 amide bonds. The third-order valence-corrected chi connectivity index (χ3v) is 5.08. The minimum atomic E-state index is -2.84. The second kappa shape index (κ2) is 5.72. The van der Waals surface area contributed by atoms with Gasteiger partial charge in [-0.1, -0.05) is 30.3 Å². The van der Waals surface area contributed by atoms with E-state index >= 15 is 0 Å². The van der Waals surface area contributed by atoms with Crippen molar-refractivity contribution >= 4 is 14.0 Å². The van der Waals surface area contributed by atoms with Crippen LogP contribution >= 0.6 is 0 Å². The smallest absolute Gasteiger partial charge is 0.373 e. The second-order valence-corrected chi connectivity index (χ2v) is 6.32. The first-order valence-electron chi connectivity index (χ1n) is 5.34. The molecule has 2 rings (SSSR count). The van der Waals surface area contributed by atoms with Gasteiger partial charge in [-0.25, -0.2) is 0 Å². The zero-order chi connectivity index (χ0) is 12.1. The molecule has 0 aliphatic carbocycles. The van der Waals surface area contributed by atoms with Crippen LogP contribution in [0.3, 0.4) is 0 Å². The van der Waals surface area contributed by atoms with E-state index in [0.717, 1.165) is 5.19 Å². The number of benzene rings is 1. The van der Waals surface area contributed by atoms with E-state index in [-0.39, 0.29) is 13.1 Å². The molecule has 1 fully saturated rings. The van der Waals surface area contributed by atoms with Gasteiger partial charge in [0.15, 0.2) is 6.29 Å². The molecular weight excluding hydrogens is 240 g/mol. The Balaban J connectivity index is 2.01.